The summed E-state index contributed by atoms with van der Waals surface area (Å²) in [5, 5.41) is 15.3. The molecule has 0 aliphatic heterocycles. The van der Waals surface area contributed by atoms with Crippen LogP contribution in [0.1, 0.15) is 36.1 Å². The van der Waals surface area contributed by atoms with Crippen molar-refractivity contribution in [2.75, 3.05) is 11.1 Å². The van der Waals surface area contributed by atoms with E-state index in [1.807, 2.05) is 36.6 Å². The number of thioether (sulfide) groups is 1. The number of anilines is 1. The van der Waals surface area contributed by atoms with Crippen LogP contribution in [0.3, 0.4) is 0 Å². The minimum atomic E-state index is -0.337. The number of halogens is 1. The lowest BCUT2D eigenvalue weighted by Gasteiger charge is -2.15. The zero-order valence-corrected chi connectivity index (χ0v) is 18.2. The van der Waals surface area contributed by atoms with E-state index in [0.717, 1.165) is 0 Å². The van der Waals surface area contributed by atoms with Gasteiger partial charge in [0.05, 0.1) is 22.5 Å². The van der Waals surface area contributed by atoms with Crippen molar-refractivity contribution in [3.63, 3.8) is 0 Å². The molecule has 0 aliphatic carbocycles. The van der Waals surface area contributed by atoms with Gasteiger partial charge < -0.3 is 15.2 Å². The van der Waals surface area contributed by atoms with E-state index in [4.69, 9.17) is 11.6 Å². The van der Waals surface area contributed by atoms with Gasteiger partial charge in [0.25, 0.3) is 5.91 Å². The van der Waals surface area contributed by atoms with E-state index in [1.54, 1.807) is 36.4 Å². The predicted molar refractivity (Wildman–Crippen MR) is 119 cm³/mol. The van der Waals surface area contributed by atoms with E-state index < -0.39 is 0 Å². The molecule has 30 heavy (non-hydrogen) atoms. The molecule has 1 atom stereocenters. The van der Waals surface area contributed by atoms with Crippen molar-refractivity contribution in [3.8, 4) is 0 Å². The second-order valence-corrected chi connectivity index (χ2v) is 7.81. The first-order valence-electron chi connectivity index (χ1n) is 9.45. The molecular formula is C21H22ClN5O2S. The highest BCUT2D eigenvalue weighted by Gasteiger charge is 2.20. The van der Waals surface area contributed by atoms with Gasteiger partial charge in [0.2, 0.25) is 5.91 Å². The van der Waals surface area contributed by atoms with Gasteiger partial charge in [0.1, 0.15) is 0 Å². The van der Waals surface area contributed by atoms with Gasteiger partial charge in [0.15, 0.2) is 11.0 Å². The van der Waals surface area contributed by atoms with Crippen LogP contribution in [0.4, 0.5) is 5.69 Å². The number of carbonyl (C=O) groups is 2. The molecule has 3 rings (SSSR count). The number of aromatic nitrogens is 3. The Labute approximate surface area is 184 Å². The summed E-state index contributed by atoms with van der Waals surface area (Å²) in [6.07, 6.45) is 0. The van der Waals surface area contributed by atoms with Gasteiger partial charge in [-0.3, -0.25) is 9.59 Å². The van der Waals surface area contributed by atoms with Gasteiger partial charge >= 0.3 is 0 Å². The molecule has 3 aromatic rings. The summed E-state index contributed by atoms with van der Waals surface area (Å²) in [5.74, 6) is 0.428. The zero-order chi connectivity index (χ0) is 21.5. The maximum atomic E-state index is 12.4. The van der Waals surface area contributed by atoms with Crippen LogP contribution < -0.4 is 10.6 Å². The molecule has 2 N–H and O–H groups in total. The number of para-hydroxylation sites is 1. The lowest BCUT2D eigenvalue weighted by molar-refractivity contribution is -0.113. The number of nitrogens with zero attached hydrogens (tertiary/aromatic N) is 3. The maximum absolute atomic E-state index is 12.4. The lowest BCUT2D eigenvalue weighted by atomic mass is 10.2. The first-order chi connectivity index (χ1) is 14.5. The molecule has 0 spiro atoms. The average Bonchev–Trinajstić information content (AvgIpc) is 3.17. The second-order valence-electron chi connectivity index (χ2n) is 6.46. The SMILES string of the molecule is CCn1c(SCC(=O)Nc2ccccc2Cl)nnc1[C@@H](C)NC(=O)c1ccccc1. The molecule has 2 amide bonds. The Morgan fingerprint density at radius 2 is 1.80 bits per heavy atom. The molecule has 1 aromatic heterocycles. The Morgan fingerprint density at radius 3 is 2.50 bits per heavy atom. The van der Waals surface area contributed by atoms with Crippen LogP contribution >= 0.6 is 23.4 Å². The quantitative estimate of drug-likeness (QED) is 0.510. The molecule has 0 fully saturated rings. The first-order valence-corrected chi connectivity index (χ1v) is 10.8. The van der Waals surface area contributed by atoms with Crippen molar-refractivity contribution in [2.45, 2.75) is 31.6 Å². The highest BCUT2D eigenvalue weighted by atomic mass is 35.5. The minimum Gasteiger partial charge on any atom is -0.342 e. The summed E-state index contributed by atoms with van der Waals surface area (Å²) < 4.78 is 1.89. The summed E-state index contributed by atoms with van der Waals surface area (Å²) in [7, 11) is 0. The van der Waals surface area contributed by atoms with Crippen LogP contribution in [0.15, 0.2) is 59.8 Å². The fraction of sp³-hybridized carbons (Fsp3) is 0.238. The number of hydrogen-bond donors (Lipinski definition) is 2. The number of carbonyl (C=O) groups excluding carboxylic acids is 2. The van der Waals surface area contributed by atoms with Crippen LogP contribution in [0.2, 0.25) is 5.02 Å². The predicted octanol–water partition coefficient (Wildman–Crippen LogP) is 4.17. The summed E-state index contributed by atoms with van der Waals surface area (Å²) >= 11 is 7.35. The normalized spacial score (nSPS) is 11.7. The summed E-state index contributed by atoms with van der Waals surface area (Å²) in [5.41, 5.74) is 1.15. The summed E-state index contributed by atoms with van der Waals surface area (Å²) in [4.78, 5) is 24.7. The Bertz CT molecular complexity index is 1030. The third-order valence-electron chi connectivity index (χ3n) is 4.31. The van der Waals surface area contributed by atoms with Gasteiger partial charge in [-0.15, -0.1) is 10.2 Å². The van der Waals surface area contributed by atoms with Crippen LogP contribution in [0, 0.1) is 0 Å². The Morgan fingerprint density at radius 1 is 1.10 bits per heavy atom. The van der Waals surface area contributed by atoms with Crippen molar-refractivity contribution in [1.82, 2.24) is 20.1 Å². The Kier molecular flexibility index (Phi) is 7.48. The number of amides is 2. The molecule has 7 nitrogen and oxygen atoms in total. The van der Waals surface area contributed by atoms with Gasteiger partial charge in [-0.05, 0) is 38.1 Å². The van der Waals surface area contributed by atoms with Crippen LogP contribution in [-0.2, 0) is 11.3 Å². The molecule has 2 aromatic carbocycles. The van der Waals surface area contributed by atoms with Crippen molar-refractivity contribution in [3.05, 3.63) is 71.0 Å². The molecule has 0 unspecified atom stereocenters. The number of benzene rings is 2. The van der Waals surface area contributed by atoms with Gasteiger partial charge in [-0.25, -0.2) is 0 Å². The monoisotopic (exact) mass is 443 g/mol. The van der Waals surface area contributed by atoms with Gasteiger partial charge in [0, 0.05) is 12.1 Å². The molecule has 0 radical (unpaired) electrons. The highest BCUT2D eigenvalue weighted by molar-refractivity contribution is 7.99. The molecule has 0 bridgehead atoms. The topological polar surface area (TPSA) is 88.9 Å². The van der Waals surface area contributed by atoms with E-state index in [0.29, 0.717) is 33.8 Å². The summed E-state index contributed by atoms with van der Waals surface area (Å²) in [6.45, 7) is 4.43. The van der Waals surface area contributed by atoms with E-state index in [2.05, 4.69) is 20.8 Å². The standard InChI is InChI=1S/C21H22ClN5O2S/c1-3-27-19(14(2)23-20(29)15-9-5-4-6-10-15)25-26-21(27)30-13-18(28)24-17-12-8-7-11-16(17)22/h4-12,14H,3,13H2,1-2H3,(H,23,29)(H,24,28)/t14-/m1/s1. The van der Waals surface area contributed by atoms with Gasteiger partial charge in [-0.1, -0.05) is 53.7 Å². The molecule has 0 aliphatic rings. The smallest absolute Gasteiger partial charge is 0.251 e. The van der Waals surface area contributed by atoms with Crippen molar-refractivity contribution in [1.29, 1.82) is 0 Å². The Balaban J connectivity index is 1.63. The number of rotatable bonds is 8. The average molecular weight is 444 g/mol. The fourth-order valence-electron chi connectivity index (χ4n) is 2.84. The minimum absolute atomic E-state index is 0.161. The van der Waals surface area contributed by atoms with Crippen molar-refractivity contribution >= 4 is 40.9 Å². The number of hydrogen-bond acceptors (Lipinski definition) is 5. The molecule has 9 heteroatoms. The second kappa shape index (κ2) is 10.3. The Hall–Kier alpha value is -2.84. The third kappa shape index (κ3) is 5.40. The fourth-order valence-corrected chi connectivity index (χ4v) is 3.83. The van der Waals surface area contributed by atoms with Crippen LogP contribution in [0.25, 0.3) is 0 Å². The highest BCUT2D eigenvalue weighted by Crippen LogP contribution is 2.23. The zero-order valence-electron chi connectivity index (χ0n) is 16.6. The molecular weight excluding hydrogens is 422 g/mol. The van der Waals surface area contributed by atoms with E-state index in [-0.39, 0.29) is 23.6 Å². The summed E-state index contributed by atoms with van der Waals surface area (Å²) in [6, 6.07) is 15.7. The first kappa shape index (κ1) is 21.9. The van der Waals surface area contributed by atoms with Crippen LogP contribution in [-0.4, -0.2) is 32.3 Å². The van der Waals surface area contributed by atoms with E-state index in [9.17, 15) is 9.59 Å². The van der Waals surface area contributed by atoms with Gasteiger partial charge in [-0.2, -0.15) is 0 Å². The third-order valence-corrected chi connectivity index (χ3v) is 5.61. The lowest BCUT2D eigenvalue weighted by Crippen LogP contribution is -2.28. The van der Waals surface area contributed by atoms with Crippen LogP contribution in [0.5, 0.6) is 0 Å². The van der Waals surface area contributed by atoms with E-state index in [1.165, 1.54) is 11.8 Å². The molecule has 0 saturated carbocycles. The molecule has 156 valence electrons. The maximum Gasteiger partial charge on any atom is 0.251 e. The van der Waals surface area contributed by atoms with E-state index >= 15 is 0 Å². The number of nitrogens with one attached hydrogen (secondary N) is 2. The van der Waals surface area contributed by atoms with Crippen molar-refractivity contribution in [2.24, 2.45) is 0 Å². The largest absolute Gasteiger partial charge is 0.342 e. The molecule has 1 heterocycles. The van der Waals surface area contributed by atoms with Crippen molar-refractivity contribution < 1.29 is 9.59 Å². The molecule has 0 saturated heterocycles.